The van der Waals surface area contributed by atoms with Gasteiger partial charge in [-0.1, -0.05) is 30.3 Å². The van der Waals surface area contributed by atoms with Crippen molar-refractivity contribution in [2.75, 3.05) is 33.2 Å². The summed E-state index contributed by atoms with van der Waals surface area (Å²) in [6, 6.07) is 9.32. The fourth-order valence-corrected chi connectivity index (χ4v) is 4.01. The minimum atomic E-state index is -0.463. The minimum absolute atomic E-state index is 0.0874. The quantitative estimate of drug-likeness (QED) is 0.892. The number of hydrogen-bond donors (Lipinski definition) is 1. The highest BCUT2D eigenvalue weighted by atomic mass is 16.2. The molecule has 0 aromatic heterocycles. The molecule has 2 heterocycles. The van der Waals surface area contributed by atoms with E-state index in [4.69, 9.17) is 0 Å². The molecular formula is C20H29N3O2. The van der Waals surface area contributed by atoms with Gasteiger partial charge in [0.2, 0.25) is 11.8 Å². The Balaban J connectivity index is 1.77. The molecule has 5 heteroatoms. The zero-order chi connectivity index (χ0) is 17.6. The molecule has 1 aromatic carbocycles. The first kappa shape index (κ1) is 17.9. The number of likely N-dealkylation sites (tertiary alicyclic amines) is 2. The first-order valence-corrected chi connectivity index (χ1v) is 9.48. The number of amides is 2. The van der Waals surface area contributed by atoms with E-state index >= 15 is 0 Å². The Labute approximate surface area is 150 Å². The van der Waals surface area contributed by atoms with Gasteiger partial charge in [-0.05, 0) is 50.8 Å². The molecule has 1 N–H and O–H groups in total. The zero-order valence-electron chi connectivity index (χ0n) is 15.1. The average molecular weight is 343 g/mol. The number of nitrogens with zero attached hydrogens (tertiary/aromatic N) is 2. The molecule has 2 fully saturated rings. The van der Waals surface area contributed by atoms with Gasteiger partial charge in [-0.3, -0.25) is 9.59 Å². The van der Waals surface area contributed by atoms with E-state index in [0.717, 1.165) is 50.9 Å². The van der Waals surface area contributed by atoms with E-state index in [1.165, 1.54) is 0 Å². The number of nitrogens with one attached hydrogen (secondary N) is 1. The van der Waals surface area contributed by atoms with E-state index in [1.807, 2.05) is 42.3 Å². The first-order valence-electron chi connectivity index (χ1n) is 9.48. The number of rotatable bonds is 5. The number of piperidine rings is 2. The van der Waals surface area contributed by atoms with Crippen molar-refractivity contribution in [1.29, 1.82) is 0 Å². The van der Waals surface area contributed by atoms with Crippen LogP contribution in [0.1, 0.15) is 43.7 Å². The topological polar surface area (TPSA) is 52.7 Å². The lowest BCUT2D eigenvalue weighted by molar-refractivity contribution is -0.148. The molecule has 0 spiro atoms. The molecule has 1 unspecified atom stereocenters. The molecule has 5 nitrogen and oxygen atoms in total. The maximum atomic E-state index is 13.3. The molecule has 2 aliphatic heterocycles. The fraction of sp³-hybridized carbons (Fsp3) is 0.600. The van der Waals surface area contributed by atoms with Gasteiger partial charge in [-0.25, -0.2) is 0 Å². The predicted molar refractivity (Wildman–Crippen MR) is 98.0 cm³/mol. The number of carbonyl (C=O) groups is 2. The molecule has 0 radical (unpaired) electrons. The van der Waals surface area contributed by atoms with Crippen molar-refractivity contribution in [3.63, 3.8) is 0 Å². The SMILES string of the molecule is CNCC1CCN(C(=O)C(c2ccccc2)N2CCCCC2=O)CC1. The Morgan fingerprint density at radius 2 is 1.88 bits per heavy atom. The summed E-state index contributed by atoms with van der Waals surface area (Å²) < 4.78 is 0. The van der Waals surface area contributed by atoms with E-state index in [1.54, 1.807) is 4.90 Å². The lowest BCUT2D eigenvalue weighted by atomic mass is 9.94. The summed E-state index contributed by atoms with van der Waals surface area (Å²) in [6.45, 7) is 3.27. The second-order valence-electron chi connectivity index (χ2n) is 7.18. The largest absolute Gasteiger partial charge is 0.341 e. The summed E-state index contributed by atoms with van der Waals surface area (Å²) in [5.74, 6) is 0.837. The van der Waals surface area contributed by atoms with Crippen LogP contribution in [0.15, 0.2) is 30.3 Å². The Morgan fingerprint density at radius 3 is 2.52 bits per heavy atom. The monoisotopic (exact) mass is 343 g/mol. The van der Waals surface area contributed by atoms with Crippen LogP contribution in [0, 0.1) is 5.92 Å². The van der Waals surface area contributed by atoms with Crippen molar-refractivity contribution >= 4 is 11.8 Å². The van der Waals surface area contributed by atoms with Gasteiger partial charge in [0, 0.05) is 26.1 Å². The van der Waals surface area contributed by atoms with E-state index < -0.39 is 6.04 Å². The van der Waals surface area contributed by atoms with Crippen molar-refractivity contribution in [2.45, 2.75) is 38.1 Å². The van der Waals surface area contributed by atoms with Crippen molar-refractivity contribution in [1.82, 2.24) is 15.1 Å². The molecule has 25 heavy (non-hydrogen) atoms. The highest BCUT2D eigenvalue weighted by molar-refractivity contribution is 5.89. The third kappa shape index (κ3) is 4.21. The van der Waals surface area contributed by atoms with E-state index in [9.17, 15) is 9.59 Å². The smallest absolute Gasteiger partial charge is 0.250 e. The second-order valence-corrected chi connectivity index (χ2v) is 7.18. The van der Waals surface area contributed by atoms with Crippen LogP contribution in [0.25, 0.3) is 0 Å². The van der Waals surface area contributed by atoms with Crippen molar-refractivity contribution < 1.29 is 9.59 Å². The molecule has 1 atom stereocenters. The lowest BCUT2D eigenvalue weighted by Crippen LogP contribution is -2.49. The van der Waals surface area contributed by atoms with Gasteiger partial charge in [0.05, 0.1) is 0 Å². The van der Waals surface area contributed by atoms with Crippen LogP contribution in [0.2, 0.25) is 0 Å². The van der Waals surface area contributed by atoms with Crippen LogP contribution in [-0.4, -0.2) is 54.8 Å². The molecule has 2 amide bonds. The molecule has 2 saturated heterocycles. The average Bonchev–Trinajstić information content (AvgIpc) is 2.65. The summed E-state index contributed by atoms with van der Waals surface area (Å²) in [7, 11) is 1.98. The number of hydrogen-bond acceptors (Lipinski definition) is 3. The zero-order valence-corrected chi connectivity index (χ0v) is 15.1. The summed E-state index contributed by atoms with van der Waals surface area (Å²) in [6.07, 6.45) is 4.53. The van der Waals surface area contributed by atoms with Crippen LogP contribution in [0.3, 0.4) is 0 Å². The van der Waals surface area contributed by atoms with E-state index in [0.29, 0.717) is 18.9 Å². The second kappa shape index (κ2) is 8.48. The molecular weight excluding hydrogens is 314 g/mol. The molecule has 136 valence electrons. The standard InChI is InChI=1S/C20H29N3O2/c1-21-15-16-10-13-22(14-11-16)20(25)19(17-7-3-2-4-8-17)23-12-6-5-9-18(23)24/h2-4,7-8,16,19,21H,5-6,9-15H2,1H3. The summed E-state index contributed by atoms with van der Waals surface area (Å²) in [4.78, 5) is 29.6. The van der Waals surface area contributed by atoms with Gasteiger partial charge in [-0.15, -0.1) is 0 Å². The highest BCUT2D eigenvalue weighted by Gasteiger charge is 2.36. The minimum Gasteiger partial charge on any atom is -0.341 e. The Morgan fingerprint density at radius 1 is 1.16 bits per heavy atom. The van der Waals surface area contributed by atoms with Crippen LogP contribution in [0.4, 0.5) is 0 Å². The predicted octanol–water partition coefficient (Wildman–Crippen LogP) is 2.20. The lowest BCUT2D eigenvalue weighted by Gasteiger charge is -2.39. The first-order chi connectivity index (χ1) is 12.2. The molecule has 0 bridgehead atoms. The Kier molecular flexibility index (Phi) is 6.08. The molecule has 2 aliphatic rings. The maximum Gasteiger partial charge on any atom is 0.250 e. The fourth-order valence-electron chi connectivity index (χ4n) is 4.01. The molecule has 0 saturated carbocycles. The Bertz CT molecular complexity index is 582. The van der Waals surface area contributed by atoms with Gasteiger partial charge in [0.1, 0.15) is 6.04 Å². The van der Waals surface area contributed by atoms with E-state index in [-0.39, 0.29) is 11.8 Å². The number of carbonyl (C=O) groups excluding carboxylic acids is 2. The molecule has 0 aliphatic carbocycles. The van der Waals surface area contributed by atoms with Gasteiger partial charge >= 0.3 is 0 Å². The number of benzene rings is 1. The van der Waals surface area contributed by atoms with Gasteiger partial charge < -0.3 is 15.1 Å². The van der Waals surface area contributed by atoms with Crippen LogP contribution >= 0.6 is 0 Å². The van der Waals surface area contributed by atoms with E-state index in [2.05, 4.69) is 5.32 Å². The maximum absolute atomic E-state index is 13.3. The van der Waals surface area contributed by atoms with Crippen molar-refractivity contribution in [2.24, 2.45) is 5.92 Å². The molecule has 1 aromatic rings. The highest BCUT2D eigenvalue weighted by Crippen LogP contribution is 2.29. The van der Waals surface area contributed by atoms with Gasteiger partial charge in [-0.2, -0.15) is 0 Å². The summed E-state index contributed by atoms with van der Waals surface area (Å²) >= 11 is 0. The van der Waals surface area contributed by atoms with Crippen LogP contribution in [0.5, 0.6) is 0 Å². The third-order valence-electron chi connectivity index (χ3n) is 5.44. The molecule has 3 rings (SSSR count). The van der Waals surface area contributed by atoms with Crippen LogP contribution < -0.4 is 5.32 Å². The van der Waals surface area contributed by atoms with Crippen molar-refractivity contribution in [3.05, 3.63) is 35.9 Å². The summed E-state index contributed by atoms with van der Waals surface area (Å²) in [5, 5.41) is 3.23. The van der Waals surface area contributed by atoms with Crippen molar-refractivity contribution in [3.8, 4) is 0 Å². The Hall–Kier alpha value is -1.88. The van der Waals surface area contributed by atoms with Gasteiger partial charge in [0.15, 0.2) is 0 Å². The van der Waals surface area contributed by atoms with Crippen LogP contribution in [-0.2, 0) is 9.59 Å². The third-order valence-corrected chi connectivity index (χ3v) is 5.44. The summed E-state index contributed by atoms with van der Waals surface area (Å²) in [5.41, 5.74) is 0.931. The normalized spacial score (nSPS) is 20.6. The van der Waals surface area contributed by atoms with Gasteiger partial charge in [0.25, 0.3) is 0 Å².